The minimum Gasteiger partial charge on any atom is -0.490 e. The van der Waals surface area contributed by atoms with Crippen molar-refractivity contribution in [3.8, 4) is 5.75 Å². The second-order valence-electron chi connectivity index (χ2n) is 1.92. The number of hydrogen-bond acceptors (Lipinski definition) is 2. The summed E-state index contributed by atoms with van der Waals surface area (Å²) in [6.45, 7) is 0. The topological polar surface area (TPSA) is 21.3 Å². The Balaban J connectivity index is 2.80. The molecule has 0 amide bonds. The average molecular weight is 136 g/mol. The highest BCUT2D eigenvalue weighted by Gasteiger charge is 1.88. The van der Waals surface area contributed by atoms with Crippen molar-refractivity contribution in [3.05, 3.63) is 31.4 Å². The first kappa shape index (κ1) is 6.93. The average Bonchev–Trinajstić information content (AvgIpc) is 2.05. The lowest BCUT2D eigenvalue weighted by molar-refractivity contribution is 0.473. The third-order valence-corrected chi connectivity index (χ3v) is 1.31. The van der Waals surface area contributed by atoms with Gasteiger partial charge < -0.3 is 10.1 Å². The van der Waals surface area contributed by atoms with Gasteiger partial charge in [-0.05, 0) is 24.3 Å². The molecular weight excluding hydrogens is 126 g/mol. The Hall–Kier alpha value is -1.18. The standard InChI is InChI=1S/C8H10NO/c1-9-7-3-5-8(10-2)6-4-7/h3-6,9H,2H2,1H3. The molecule has 0 saturated heterocycles. The molecule has 0 aliphatic rings. The van der Waals surface area contributed by atoms with Crippen molar-refractivity contribution in [1.29, 1.82) is 0 Å². The molecule has 0 bridgehead atoms. The molecule has 0 atom stereocenters. The maximum absolute atomic E-state index is 4.74. The number of ether oxygens (including phenoxy) is 1. The summed E-state index contributed by atoms with van der Waals surface area (Å²) in [5.74, 6) is 0.777. The van der Waals surface area contributed by atoms with Crippen LogP contribution in [0.25, 0.3) is 0 Å². The Labute approximate surface area is 60.8 Å². The van der Waals surface area contributed by atoms with E-state index in [2.05, 4.69) is 12.4 Å². The Bertz CT molecular complexity index is 170. The van der Waals surface area contributed by atoms with Crippen molar-refractivity contribution >= 4 is 5.69 Å². The molecule has 0 aromatic heterocycles. The Kier molecular flexibility index (Phi) is 2.15. The zero-order valence-electron chi connectivity index (χ0n) is 5.92. The van der Waals surface area contributed by atoms with Crippen LogP contribution in [0.3, 0.4) is 0 Å². The van der Waals surface area contributed by atoms with E-state index in [9.17, 15) is 0 Å². The number of anilines is 1. The maximum atomic E-state index is 4.74. The fraction of sp³-hybridized carbons (Fsp3) is 0.125. The summed E-state index contributed by atoms with van der Waals surface area (Å²) < 4.78 is 4.74. The second-order valence-corrected chi connectivity index (χ2v) is 1.92. The molecule has 2 nitrogen and oxygen atoms in total. The number of rotatable bonds is 2. The molecular formula is C8H10NO. The predicted molar refractivity (Wildman–Crippen MR) is 42.0 cm³/mol. The van der Waals surface area contributed by atoms with Crippen molar-refractivity contribution in [2.45, 2.75) is 0 Å². The lowest BCUT2D eigenvalue weighted by Gasteiger charge is -2.00. The van der Waals surface area contributed by atoms with Gasteiger partial charge in [0.2, 0.25) is 0 Å². The molecule has 0 spiro atoms. The molecule has 0 fully saturated rings. The van der Waals surface area contributed by atoms with Crippen LogP contribution in [0.1, 0.15) is 0 Å². The van der Waals surface area contributed by atoms with Crippen LogP contribution >= 0.6 is 0 Å². The van der Waals surface area contributed by atoms with Gasteiger partial charge in [0.15, 0.2) is 0 Å². The summed E-state index contributed by atoms with van der Waals surface area (Å²) in [4.78, 5) is 0. The van der Waals surface area contributed by atoms with Gasteiger partial charge in [-0.2, -0.15) is 0 Å². The third kappa shape index (κ3) is 1.41. The van der Waals surface area contributed by atoms with Gasteiger partial charge in [0.05, 0.1) is 0 Å². The molecule has 1 aromatic carbocycles. The van der Waals surface area contributed by atoms with Gasteiger partial charge in [-0.25, -0.2) is 0 Å². The smallest absolute Gasteiger partial charge is 0.122 e. The Morgan fingerprint density at radius 3 is 2.30 bits per heavy atom. The summed E-state index contributed by atoms with van der Waals surface area (Å²) >= 11 is 0. The Morgan fingerprint density at radius 1 is 1.30 bits per heavy atom. The summed E-state index contributed by atoms with van der Waals surface area (Å²) in [6, 6.07) is 7.58. The van der Waals surface area contributed by atoms with E-state index in [0.29, 0.717) is 0 Å². The van der Waals surface area contributed by atoms with Crippen molar-refractivity contribution in [2.24, 2.45) is 0 Å². The quantitative estimate of drug-likeness (QED) is 0.670. The molecule has 1 aromatic rings. The van der Waals surface area contributed by atoms with E-state index < -0.39 is 0 Å². The van der Waals surface area contributed by atoms with Gasteiger partial charge in [-0.3, -0.25) is 0 Å². The summed E-state index contributed by atoms with van der Waals surface area (Å²) in [7, 11) is 5.17. The van der Waals surface area contributed by atoms with Crippen molar-refractivity contribution in [2.75, 3.05) is 12.4 Å². The molecule has 0 aliphatic carbocycles. The molecule has 0 heterocycles. The molecule has 0 saturated carbocycles. The minimum atomic E-state index is 0.777. The molecule has 0 aliphatic heterocycles. The van der Waals surface area contributed by atoms with Crippen LogP contribution in [0, 0.1) is 7.11 Å². The minimum absolute atomic E-state index is 0.777. The van der Waals surface area contributed by atoms with E-state index in [0.717, 1.165) is 11.4 Å². The van der Waals surface area contributed by atoms with E-state index in [1.54, 1.807) is 0 Å². The van der Waals surface area contributed by atoms with E-state index in [4.69, 9.17) is 4.74 Å². The number of hydrogen-bond donors (Lipinski definition) is 1. The number of benzene rings is 1. The lowest BCUT2D eigenvalue weighted by atomic mass is 10.3. The predicted octanol–water partition coefficient (Wildman–Crippen LogP) is 1.90. The van der Waals surface area contributed by atoms with E-state index in [-0.39, 0.29) is 0 Å². The van der Waals surface area contributed by atoms with Gasteiger partial charge in [0, 0.05) is 12.7 Å². The first-order valence-electron chi connectivity index (χ1n) is 3.06. The van der Waals surface area contributed by atoms with Gasteiger partial charge in [0.25, 0.3) is 0 Å². The first-order valence-corrected chi connectivity index (χ1v) is 3.06. The lowest BCUT2D eigenvalue weighted by Crippen LogP contribution is -1.86. The molecule has 1 radical (unpaired) electrons. The molecule has 1 N–H and O–H groups in total. The van der Waals surface area contributed by atoms with Crippen molar-refractivity contribution in [1.82, 2.24) is 0 Å². The van der Waals surface area contributed by atoms with Crippen LogP contribution in [0.15, 0.2) is 24.3 Å². The Morgan fingerprint density at radius 2 is 1.90 bits per heavy atom. The van der Waals surface area contributed by atoms with Crippen LogP contribution < -0.4 is 10.1 Å². The fourth-order valence-electron chi connectivity index (χ4n) is 0.718. The number of nitrogens with one attached hydrogen (secondary N) is 1. The third-order valence-electron chi connectivity index (χ3n) is 1.31. The van der Waals surface area contributed by atoms with Crippen LogP contribution in [0.4, 0.5) is 5.69 Å². The van der Waals surface area contributed by atoms with Crippen LogP contribution in [-0.4, -0.2) is 7.05 Å². The summed E-state index contributed by atoms with van der Waals surface area (Å²) in [5.41, 5.74) is 1.07. The molecule has 10 heavy (non-hydrogen) atoms. The van der Waals surface area contributed by atoms with Crippen molar-refractivity contribution in [3.63, 3.8) is 0 Å². The van der Waals surface area contributed by atoms with Gasteiger partial charge in [-0.15, -0.1) is 0 Å². The maximum Gasteiger partial charge on any atom is 0.122 e. The zero-order valence-corrected chi connectivity index (χ0v) is 5.92. The SMILES string of the molecule is [CH2]Oc1ccc(NC)cc1. The highest BCUT2D eigenvalue weighted by atomic mass is 16.5. The highest BCUT2D eigenvalue weighted by Crippen LogP contribution is 2.14. The molecule has 0 unspecified atom stereocenters. The van der Waals surface area contributed by atoms with Gasteiger partial charge >= 0.3 is 0 Å². The van der Waals surface area contributed by atoms with Crippen LogP contribution in [0.5, 0.6) is 5.75 Å². The normalized spacial score (nSPS) is 9.00. The van der Waals surface area contributed by atoms with Crippen LogP contribution in [0.2, 0.25) is 0 Å². The first-order chi connectivity index (χ1) is 4.86. The van der Waals surface area contributed by atoms with E-state index >= 15 is 0 Å². The second kappa shape index (κ2) is 3.11. The molecule has 1 rings (SSSR count). The van der Waals surface area contributed by atoms with E-state index in [1.165, 1.54) is 0 Å². The van der Waals surface area contributed by atoms with Gasteiger partial charge in [-0.1, -0.05) is 0 Å². The summed E-state index contributed by atoms with van der Waals surface area (Å²) in [5, 5.41) is 3.00. The van der Waals surface area contributed by atoms with E-state index in [1.807, 2.05) is 31.3 Å². The molecule has 53 valence electrons. The highest BCUT2D eigenvalue weighted by molar-refractivity contribution is 5.45. The molecule has 2 heteroatoms. The monoisotopic (exact) mass is 136 g/mol. The van der Waals surface area contributed by atoms with Crippen molar-refractivity contribution < 1.29 is 4.74 Å². The largest absolute Gasteiger partial charge is 0.490 e. The zero-order chi connectivity index (χ0) is 7.40. The van der Waals surface area contributed by atoms with Crippen LogP contribution in [-0.2, 0) is 0 Å². The fourth-order valence-corrected chi connectivity index (χ4v) is 0.718. The summed E-state index contributed by atoms with van der Waals surface area (Å²) in [6.07, 6.45) is 0. The van der Waals surface area contributed by atoms with Gasteiger partial charge in [0.1, 0.15) is 12.9 Å².